The molecule has 1 N–H and O–H groups in total. The third-order valence-electron chi connectivity index (χ3n) is 4.10. The van der Waals surface area contributed by atoms with Gasteiger partial charge in [0.25, 0.3) is 5.91 Å². The predicted molar refractivity (Wildman–Crippen MR) is 90.5 cm³/mol. The van der Waals surface area contributed by atoms with E-state index in [0.717, 1.165) is 25.3 Å². The zero-order valence-electron chi connectivity index (χ0n) is 13.1. The summed E-state index contributed by atoms with van der Waals surface area (Å²) in [5.41, 5.74) is 0.478. The molecule has 1 saturated heterocycles. The van der Waals surface area contributed by atoms with Crippen molar-refractivity contribution in [2.45, 2.75) is 32.6 Å². The molecule has 5 heteroatoms. The van der Waals surface area contributed by atoms with E-state index in [1.54, 1.807) is 0 Å². The molecule has 0 aliphatic carbocycles. The first-order chi connectivity index (χ1) is 10.6. The Bertz CT molecular complexity index is 509. The first-order valence-electron chi connectivity index (χ1n) is 8.02. The fourth-order valence-corrected chi connectivity index (χ4v) is 3.45. The van der Waals surface area contributed by atoms with E-state index in [0.29, 0.717) is 16.6 Å². The summed E-state index contributed by atoms with van der Waals surface area (Å²) in [4.78, 5) is 14.5. The van der Waals surface area contributed by atoms with E-state index in [-0.39, 0.29) is 11.7 Å². The van der Waals surface area contributed by atoms with Crippen LogP contribution in [0.4, 0.5) is 4.39 Å². The number of carbonyl (C=O) groups is 1. The van der Waals surface area contributed by atoms with Crippen molar-refractivity contribution < 1.29 is 9.18 Å². The number of piperidine rings is 1. The molecule has 1 heterocycles. The maximum Gasteiger partial charge on any atom is 0.252 e. The first-order valence-corrected chi connectivity index (χ1v) is 8.81. The summed E-state index contributed by atoms with van der Waals surface area (Å²) in [5, 5.41) is 2.90. The second-order valence-electron chi connectivity index (χ2n) is 6.14. The minimum atomic E-state index is -0.348. The molecule has 0 unspecified atom stereocenters. The van der Waals surface area contributed by atoms with Crippen LogP contribution in [0, 0.1) is 11.7 Å². The molecule has 1 aromatic carbocycles. The van der Waals surface area contributed by atoms with Crippen LogP contribution in [0.2, 0.25) is 0 Å². The number of amides is 1. The Balaban J connectivity index is 1.65. The van der Waals surface area contributed by atoms with E-state index >= 15 is 0 Å². The van der Waals surface area contributed by atoms with Gasteiger partial charge in [0.15, 0.2) is 0 Å². The van der Waals surface area contributed by atoms with Crippen LogP contribution >= 0.6 is 15.9 Å². The minimum absolute atomic E-state index is 0.154. The molecule has 0 bridgehead atoms. The lowest BCUT2D eigenvalue weighted by molar-refractivity contribution is 0.0951. The normalized spacial score (nSPS) is 19.1. The molecule has 0 aromatic heterocycles. The number of halogens is 2. The van der Waals surface area contributed by atoms with Crippen molar-refractivity contribution in [3.63, 3.8) is 0 Å². The Hall–Kier alpha value is -0.940. The Kier molecular flexibility index (Phi) is 6.83. The van der Waals surface area contributed by atoms with Crippen LogP contribution in [0.3, 0.4) is 0 Å². The summed E-state index contributed by atoms with van der Waals surface area (Å²) >= 11 is 3.22. The Morgan fingerprint density at radius 1 is 1.45 bits per heavy atom. The molecule has 1 amide bonds. The smallest absolute Gasteiger partial charge is 0.252 e. The highest BCUT2D eigenvalue weighted by Gasteiger charge is 2.15. The van der Waals surface area contributed by atoms with Crippen molar-refractivity contribution >= 4 is 21.8 Å². The van der Waals surface area contributed by atoms with E-state index in [1.165, 1.54) is 44.1 Å². The second-order valence-corrected chi connectivity index (χ2v) is 6.99. The highest BCUT2D eigenvalue weighted by atomic mass is 79.9. The quantitative estimate of drug-likeness (QED) is 0.771. The first kappa shape index (κ1) is 17.4. The lowest BCUT2D eigenvalue weighted by atomic mass is 10.0. The van der Waals surface area contributed by atoms with Gasteiger partial charge in [0.2, 0.25) is 0 Å². The lowest BCUT2D eigenvalue weighted by Gasteiger charge is -2.30. The van der Waals surface area contributed by atoms with E-state index in [9.17, 15) is 9.18 Å². The van der Waals surface area contributed by atoms with Crippen molar-refractivity contribution in [1.29, 1.82) is 0 Å². The zero-order chi connectivity index (χ0) is 15.9. The van der Waals surface area contributed by atoms with Gasteiger partial charge in [-0.3, -0.25) is 4.79 Å². The summed E-state index contributed by atoms with van der Waals surface area (Å²) in [6, 6.07) is 4.12. The highest BCUT2D eigenvalue weighted by Crippen LogP contribution is 2.18. The van der Waals surface area contributed by atoms with Crippen LogP contribution in [0.15, 0.2) is 22.7 Å². The van der Waals surface area contributed by atoms with Gasteiger partial charge < -0.3 is 10.2 Å². The molecule has 2 rings (SSSR count). The number of benzene rings is 1. The number of hydrogen-bond acceptors (Lipinski definition) is 2. The predicted octanol–water partition coefficient (Wildman–Crippen LogP) is 3.83. The molecule has 22 heavy (non-hydrogen) atoms. The van der Waals surface area contributed by atoms with Gasteiger partial charge in [-0.2, -0.15) is 0 Å². The van der Waals surface area contributed by atoms with Crippen LogP contribution in [-0.2, 0) is 0 Å². The SMILES string of the molecule is C[C@H]1CCCN(CCCCNC(=O)c2ccc(F)cc2Br)C1. The van der Waals surface area contributed by atoms with Gasteiger partial charge in [-0.15, -0.1) is 0 Å². The van der Waals surface area contributed by atoms with Crippen molar-refractivity contribution in [2.24, 2.45) is 5.92 Å². The molecule has 1 fully saturated rings. The van der Waals surface area contributed by atoms with Crippen LogP contribution in [0.5, 0.6) is 0 Å². The highest BCUT2D eigenvalue weighted by molar-refractivity contribution is 9.10. The van der Waals surface area contributed by atoms with Gasteiger partial charge in [0.05, 0.1) is 5.56 Å². The Labute approximate surface area is 140 Å². The Morgan fingerprint density at radius 2 is 2.27 bits per heavy atom. The van der Waals surface area contributed by atoms with Gasteiger partial charge in [0.1, 0.15) is 5.82 Å². The molecular weight excluding hydrogens is 347 g/mol. The third-order valence-corrected chi connectivity index (χ3v) is 4.76. The number of nitrogens with zero attached hydrogens (tertiary/aromatic N) is 1. The fourth-order valence-electron chi connectivity index (χ4n) is 2.92. The molecule has 0 spiro atoms. The molecule has 1 aliphatic rings. The van der Waals surface area contributed by atoms with Crippen molar-refractivity contribution in [1.82, 2.24) is 10.2 Å². The van der Waals surface area contributed by atoms with Crippen molar-refractivity contribution in [3.8, 4) is 0 Å². The molecule has 0 radical (unpaired) electrons. The molecule has 1 aliphatic heterocycles. The molecular formula is C17H24BrFN2O. The molecule has 0 saturated carbocycles. The second kappa shape index (κ2) is 8.63. The van der Waals surface area contributed by atoms with Crippen LogP contribution in [0.1, 0.15) is 43.0 Å². The average Bonchev–Trinajstić information content (AvgIpc) is 2.46. The number of carbonyl (C=O) groups excluding carboxylic acids is 1. The largest absolute Gasteiger partial charge is 0.352 e. The molecule has 122 valence electrons. The monoisotopic (exact) mass is 370 g/mol. The minimum Gasteiger partial charge on any atom is -0.352 e. The number of rotatable bonds is 6. The van der Waals surface area contributed by atoms with Gasteiger partial charge >= 0.3 is 0 Å². The summed E-state index contributed by atoms with van der Waals surface area (Å²) < 4.78 is 13.5. The standard InChI is InChI=1S/C17H24BrFN2O/c1-13-5-4-10-21(12-13)9-3-2-8-20-17(22)15-7-6-14(19)11-16(15)18/h6-7,11,13H,2-5,8-10,12H2,1H3,(H,20,22)/t13-/m0/s1. The number of nitrogens with one attached hydrogen (secondary N) is 1. The van der Waals surface area contributed by atoms with Gasteiger partial charge in [-0.05, 0) is 78.8 Å². The zero-order valence-corrected chi connectivity index (χ0v) is 14.7. The number of likely N-dealkylation sites (tertiary alicyclic amines) is 1. The molecule has 1 aromatic rings. The lowest BCUT2D eigenvalue weighted by Crippen LogP contribution is -2.35. The average molecular weight is 371 g/mol. The number of hydrogen-bond donors (Lipinski definition) is 1. The molecule has 3 nitrogen and oxygen atoms in total. The van der Waals surface area contributed by atoms with Crippen molar-refractivity contribution in [3.05, 3.63) is 34.1 Å². The van der Waals surface area contributed by atoms with Crippen LogP contribution < -0.4 is 5.32 Å². The van der Waals surface area contributed by atoms with E-state index in [2.05, 4.69) is 33.1 Å². The fraction of sp³-hybridized carbons (Fsp3) is 0.588. The van der Waals surface area contributed by atoms with Gasteiger partial charge in [-0.25, -0.2) is 4.39 Å². The molecule has 1 atom stereocenters. The van der Waals surface area contributed by atoms with E-state index < -0.39 is 0 Å². The Morgan fingerprint density at radius 3 is 3.00 bits per heavy atom. The maximum absolute atomic E-state index is 13.0. The van der Waals surface area contributed by atoms with Crippen molar-refractivity contribution in [2.75, 3.05) is 26.2 Å². The number of unbranched alkanes of at least 4 members (excludes halogenated alkanes) is 1. The van der Waals surface area contributed by atoms with E-state index in [4.69, 9.17) is 0 Å². The summed E-state index contributed by atoms with van der Waals surface area (Å²) in [5.74, 6) is 0.307. The summed E-state index contributed by atoms with van der Waals surface area (Å²) in [7, 11) is 0. The van der Waals surface area contributed by atoms with Gasteiger partial charge in [-0.1, -0.05) is 6.92 Å². The summed E-state index contributed by atoms with van der Waals surface area (Å²) in [6.45, 7) is 6.49. The van der Waals surface area contributed by atoms with E-state index in [1.807, 2.05) is 0 Å². The van der Waals surface area contributed by atoms with Crippen LogP contribution in [0.25, 0.3) is 0 Å². The van der Waals surface area contributed by atoms with Gasteiger partial charge in [0, 0.05) is 17.6 Å². The summed E-state index contributed by atoms with van der Waals surface area (Å²) in [6.07, 6.45) is 4.71. The maximum atomic E-state index is 13.0. The third kappa shape index (κ3) is 5.36. The topological polar surface area (TPSA) is 32.3 Å². The van der Waals surface area contributed by atoms with Crippen LogP contribution in [-0.4, -0.2) is 37.0 Å².